The maximum atomic E-state index is 5.48. The Balaban J connectivity index is 2.53. The highest BCUT2D eigenvalue weighted by Crippen LogP contribution is 2.09. The molecule has 3 heteroatoms. The van der Waals surface area contributed by atoms with E-state index in [0.717, 1.165) is 24.6 Å². The Morgan fingerprint density at radius 2 is 1.31 bits per heavy atom. The number of hydrogen-bond acceptors (Lipinski definition) is 3. The molecule has 0 amide bonds. The number of rotatable bonds is 4. The molecule has 0 saturated heterocycles. The molecule has 0 unspecified atom stereocenters. The lowest BCUT2D eigenvalue weighted by Crippen LogP contribution is -1.94. The molecule has 0 aliphatic carbocycles. The minimum atomic E-state index is 0.576. The summed E-state index contributed by atoms with van der Waals surface area (Å²) >= 11 is 0. The average molecular weight is 182 g/mol. The molecule has 74 valence electrons. The molecular formula is C10H18N2O. The first-order valence-electron chi connectivity index (χ1n) is 4.89. The lowest BCUT2D eigenvalue weighted by Gasteiger charge is -1.98. The smallest absolute Gasteiger partial charge is 0.216 e. The summed E-state index contributed by atoms with van der Waals surface area (Å²) in [6.45, 7) is 8.58. The minimum Gasteiger partial charge on any atom is -0.425 e. The van der Waals surface area contributed by atoms with E-state index >= 15 is 0 Å². The van der Waals surface area contributed by atoms with Crippen LogP contribution in [0.25, 0.3) is 0 Å². The summed E-state index contributed by atoms with van der Waals surface area (Å²) in [6.07, 6.45) is 1.76. The zero-order valence-electron chi connectivity index (χ0n) is 8.87. The highest BCUT2D eigenvalue weighted by atomic mass is 16.4. The van der Waals surface area contributed by atoms with Crippen molar-refractivity contribution in [1.29, 1.82) is 0 Å². The summed E-state index contributed by atoms with van der Waals surface area (Å²) < 4.78 is 5.48. The molecule has 1 rings (SSSR count). The molecular weight excluding hydrogens is 164 g/mol. The lowest BCUT2D eigenvalue weighted by molar-refractivity contribution is 0.407. The Labute approximate surface area is 79.6 Å². The van der Waals surface area contributed by atoms with Crippen molar-refractivity contribution in [3.63, 3.8) is 0 Å². The second kappa shape index (κ2) is 4.40. The van der Waals surface area contributed by atoms with Crippen molar-refractivity contribution in [1.82, 2.24) is 10.2 Å². The number of aromatic nitrogens is 2. The highest BCUT2D eigenvalue weighted by Gasteiger charge is 2.08. The molecule has 1 aromatic rings. The molecule has 0 spiro atoms. The van der Waals surface area contributed by atoms with E-state index in [1.54, 1.807) is 0 Å². The van der Waals surface area contributed by atoms with Crippen LogP contribution in [-0.2, 0) is 12.8 Å². The van der Waals surface area contributed by atoms with Crippen molar-refractivity contribution in [2.24, 2.45) is 11.8 Å². The monoisotopic (exact) mass is 182 g/mol. The van der Waals surface area contributed by atoms with E-state index < -0.39 is 0 Å². The van der Waals surface area contributed by atoms with Gasteiger partial charge in [0.15, 0.2) is 0 Å². The Bertz CT molecular complexity index is 229. The van der Waals surface area contributed by atoms with E-state index in [9.17, 15) is 0 Å². The first-order chi connectivity index (χ1) is 6.08. The van der Waals surface area contributed by atoms with Gasteiger partial charge in [-0.2, -0.15) is 0 Å². The summed E-state index contributed by atoms with van der Waals surface area (Å²) in [5, 5.41) is 7.99. The van der Waals surface area contributed by atoms with Gasteiger partial charge in [-0.15, -0.1) is 10.2 Å². The third-order valence-corrected chi connectivity index (χ3v) is 1.67. The van der Waals surface area contributed by atoms with Crippen LogP contribution in [0.4, 0.5) is 0 Å². The fraction of sp³-hybridized carbons (Fsp3) is 0.800. The maximum Gasteiger partial charge on any atom is 0.216 e. The van der Waals surface area contributed by atoms with E-state index in [0.29, 0.717) is 11.8 Å². The molecule has 1 aromatic heterocycles. The van der Waals surface area contributed by atoms with Gasteiger partial charge in [-0.25, -0.2) is 0 Å². The van der Waals surface area contributed by atoms with Gasteiger partial charge in [0.1, 0.15) is 0 Å². The average Bonchev–Trinajstić information content (AvgIpc) is 2.33. The summed E-state index contributed by atoms with van der Waals surface area (Å²) in [6, 6.07) is 0. The highest BCUT2D eigenvalue weighted by molar-refractivity contribution is 4.83. The predicted octanol–water partition coefficient (Wildman–Crippen LogP) is 2.47. The van der Waals surface area contributed by atoms with Gasteiger partial charge in [0.05, 0.1) is 0 Å². The molecule has 0 bridgehead atoms. The van der Waals surface area contributed by atoms with Crippen LogP contribution in [0.5, 0.6) is 0 Å². The van der Waals surface area contributed by atoms with Crippen molar-refractivity contribution in [3.05, 3.63) is 11.8 Å². The van der Waals surface area contributed by atoms with E-state index in [1.807, 2.05) is 0 Å². The molecule has 0 aliphatic heterocycles. The van der Waals surface area contributed by atoms with Crippen molar-refractivity contribution < 1.29 is 4.42 Å². The summed E-state index contributed by atoms with van der Waals surface area (Å²) in [5.74, 6) is 2.69. The van der Waals surface area contributed by atoms with Gasteiger partial charge >= 0.3 is 0 Å². The Hall–Kier alpha value is -0.860. The van der Waals surface area contributed by atoms with Crippen molar-refractivity contribution in [2.45, 2.75) is 40.5 Å². The summed E-state index contributed by atoms with van der Waals surface area (Å²) in [4.78, 5) is 0. The third-order valence-electron chi connectivity index (χ3n) is 1.67. The standard InChI is InChI=1S/C10H18N2O/c1-7(2)5-9-11-12-10(13-9)6-8(3)4/h7-8H,5-6H2,1-4H3. The second-order valence-corrected chi connectivity index (χ2v) is 4.29. The zero-order chi connectivity index (χ0) is 9.84. The largest absolute Gasteiger partial charge is 0.425 e. The second-order valence-electron chi connectivity index (χ2n) is 4.29. The lowest BCUT2D eigenvalue weighted by atomic mass is 10.1. The van der Waals surface area contributed by atoms with Gasteiger partial charge in [0.25, 0.3) is 0 Å². The van der Waals surface area contributed by atoms with Crippen molar-refractivity contribution in [3.8, 4) is 0 Å². The van der Waals surface area contributed by atoms with E-state index in [2.05, 4.69) is 37.9 Å². The normalized spacial score (nSPS) is 11.5. The Kier molecular flexibility index (Phi) is 3.46. The van der Waals surface area contributed by atoms with Crippen molar-refractivity contribution >= 4 is 0 Å². The van der Waals surface area contributed by atoms with Crippen LogP contribution in [0.1, 0.15) is 39.5 Å². The van der Waals surface area contributed by atoms with Gasteiger partial charge in [-0.3, -0.25) is 0 Å². The first kappa shape index (κ1) is 10.2. The minimum absolute atomic E-state index is 0.576. The zero-order valence-corrected chi connectivity index (χ0v) is 8.87. The fourth-order valence-electron chi connectivity index (χ4n) is 1.15. The van der Waals surface area contributed by atoms with Gasteiger partial charge in [-0.05, 0) is 11.8 Å². The molecule has 0 atom stereocenters. The van der Waals surface area contributed by atoms with Gasteiger partial charge in [0.2, 0.25) is 11.8 Å². The Morgan fingerprint density at radius 1 is 0.923 bits per heavy atom. The molecule has 0 aliphatic rings. The van der Waals surface area contributed by atoms with E-state index in [1.165, 1.54) is 0 Å². The topological polar surface area (TPSA) is 38.9 Å². The third kappa shape index (κ3) is 3.57. The Morgan fingerprint density at radius 3 is 1.62 bits per heavy atom. The summed E-state index contributed by atoms with van der Waals surface area (Å²) in [7, 11) is 0. The maximum absolute atomic E-state index is 5.48. The molecule has 13 heavy (non-hydrogen) atoms. The molecule has 0 aromatic carbocycles. The SMILES string of the molecule is CC(C)Cc1nnc(CC(C)C)o1. The van der Waals surface area contributed by atoms with Crippen molar-refractivity contribution in [2.75, 3.05) is 0 Å². The van der Waals surface area contributed by atoms with E-state index in [4.69, 9.17) is 4.42 Å². The molecule has 1 heterocycles. The molecule has 0 fully saturated rings. The summed E-state index contributed by atoms with van der Waals surface area (Å²) in [5.41, 5.74) is 0. The fourth-order valence-corrected chi connectivity index (χ4v) is 1.15. The van der Waals surface area contributed by atoms with Crippen LogP contribution in [-0.4, -0.2) is 10.2 Å². The van der Waals surface area contributed by atoms with Gasteiger partial charge in [-0.1, -0.05) is 27.7 Å². The number of hydrogen-bond donors (Lipinski definition) is 0. The van der Waals surface area contributed by atoms with Crippen LogP contribution in [0.3, 0.4) is 0 Å². The van der Waals surface area contributed by atoms with Crippen LogP contribution in [0.2, 0.25) is 0 Å². The van der Waals surface area contributed by atoms with Gasteiger partial charge < -0.3 is 4.42 Å². The quantitative estimate of drug-likeness (QED) is 0.718. The molecule has 0 N–H and O–H groups in total. The first-order valence-corrected chi connectivity index (χ1v) is 4.89. The van der Waals surface area contributed by atoms with Crippen LogP contribution in [0.15, 0.2) is 4.42 Å². The van der Waals surface area contributed by atoms with Crippen LogP contribution >= 0.6 is 0 Å². The predicted molar refractivity (Wildman–Crippen MR) is 51.4 cm³/mol. The van der Waals surface area contributed by atoms with Crippen LogP contribution in [0, 0.1) is 11.8 Å². The number of nitrogens with zero attached hydrogens (tertiary/aromatic N) is 2. The van der Waals surface area contributed by atoms with E-state index in [-0.39, 0.29) is 0 Å². The van der Waals surface area contributed by atoms with Gasteiger partial charge in [0, 0.05) is 12.8 Å². The molecule has 3 nitrogen and oxygen atoms in total. The molecule has 0 radical (unpaired) electrons. The molecule has 0 saturated carbocycles. The van der Waals surface area contributed by atoms with Crippen LogP contribution < -0.4 is 0 Å².